The number of ether oxygens (including phenoxy) is 5. The Morgan fingerprint density at radius 1 is 1.00 bits per heavy atom. The smallest absolute Gasteiger partial charge is 0.387 e. The topological polar surface area (TPSA) is 174 Å². The summed E-state index contributed by atoms with van der Waals surface area (Å²) in [6, 6.07) is 8.33. The van der Waals surface area contributed by atoms with Crippen LogP contribution in [0.25, 0.3) is 0 Å². The molecule has 50 heavy (non-hydrogen) atoms. The number of halogens is 2. The van der Waals surface area contributed by atoms with Gasteiger partial charge in [-0.05, 0) is 91.6 Å². The molecule has 1 heterocycles. The highest BCUT2D eigenvalue weighted by Crippen LogP contribution is 2.37. The molecule has 2 N–H and O–H groups in total. The van der Waals surface area contributed by atoms with Crippen molar-refractivity contribution in [1.82, 2.24) is 4.98 Å². The van der Waals surface area contributed by atoms with Crippen LogP contribution in [0.3, 0.4) is 0 Å². The van der Waals surface area contributed by atoms with Gasteiger partial charge in [0.15, 0.2) is 18.1 Å². The Kier molecular flexibility index (Phi) is 12.6. The zero-order valence-corrected chi connectivity index (χ0v) is 28.8. The molecule has 2 aromatic carbocycles. The van der Waals surface area contributed by atoms with E-state index < -0.39 is 53.6 Å². The molecule has 1 amide bonds. The minimum Gasteiger partial charge on any atom is -0.495 e. The molecule has 0 unspecified atom stereocenters. The number of nitrogens with zero attached hydrogens (tertiary/aromatic N) is 2. The van der Waals surface area contributed by atoms with E-state index in [2.05, 4.69) is 9.72 Å². The zero-order valence-electron chi connectivity index (χ0n) is 28.0. The van der Waals surface area contributed by atoms with Gasteiger partial charge in [-0.2, -0.15) is 8.78 Å². The lowest BCUT2D eigenvalue weighted by molar-refractivity contribution is -0.147. The third-order valence-corrected chi connectivity index (χ3v) is 9.04. The summed E-state index contributed by atoms with van der Waals surface area (Å²) < 4.78 is 78.2. The van der Waals surface area contributed by atoms with E-state index in [4.69, 9.17) is 24.7 Å². The predicted octanol–water partition coefficient (Wildman–Crippen LogP) is 4.08. The van der Waals surface area contributed by atoms with E-state index in [1.165, 1.54) is 25.3 Å². The third kappa shape index (κ3) is 10.5. The van der Waals surface area contributed by atoms with Crippen LogP contribution >= 0.6 is 0 Å². The van der Waals surface area contributed by atoms with Gasteiger partial charge in [-0.25, -0.2) is 18.0 Å². The lowest BCUT2D eigenvalue weighted by atomic mass is 9.89. The highest BCUT2D eigenvalue weighted by molar-refractivity contribution is 7.92. The van der Waals surface area contributed by atoms with Crippen LogP contribution in [-0.4, -0.2) is 77.6 Å². The van der Waals surface area contributed by atoms with E-state index in [1.54, 1.807) is 24.5 Å². The van der Waals surface area contributed by atoms with Gasteiger partial charge in [0.1, 0.15) is 12.3 Å². The van der Waals surface area contributed by atoms with Gasteiger partial charge in [0.25, 0.3) is 0 Å². The van der Waals surface area contributed by atoms with Gasteiger partial charge in [0.05, 0.1) is 37.8 Å². The molecule has 270 valence electrons. The van der Waals surface area contributed by atoms with Crippen LogP contribution in [0.15, 0.2) is 48.8 Å². The normalized spacial score (nSPS) is 13.3. The molecule has 1 aliphatic carbocycles. The van der Waals surface area contributed by atoms with Crippen molar-refractivity contribution in [3.63, 3.8) is 0 Å². The van der Waals surface area contributed by atoms with Gasteiger partial charge in [0, 0.05) is 18.3 Å². The fourth-order valence-corrected chi connectivity index (χ4v) is 5.99. The molecule has 0 bridgehead atoms. The number of nitrogens with two attached hydrogens (primary N) is 1. The first-order valence-corrected chi connectivity index (χ1v) is 17.4. The van der Waals surface area contributed by atoms with E-state index in [-0.39, 0.29) is 35.1 Å². The van der Waals surface area contributed by atoms with Crippen molar-refractivity contribution in [2.45, 2.75) is 45.6 Å². The highest BCUT2D eigenvalue weighted by atomic mass is 32.2. The fraction of sp³-hybridized carbons (Fsp3) is 0.412. The second-order valence-electron chi connectivity index (χ2n) is 11.9. The van der Waals surface area contributed by atoms with Crippen molar-refractivity contribution < 1.29 is 55.3 Å². The average Bonchev–Trinajstić information content (AvgIpc) is 3.89. The maximum Gasteiger partial charge on any atom is 0.387 e. The standard InChI is InChI=1S/C34H39F2N3O10S/c1-20-14-38-15-21(2)26(20)11-25(23-7-10-29(49-34(35)36)30(13-23)46-17-22-5-6-22)18-47-32(41)19-48-33(42)24-8-9-28(45-3)27(12-24)39(16-31(37)40)50(4,43)44/h7-10,12-15,22,25,34H,5-6,11,16-19H2,1-4H3,(H2,37,40)/t25-/m1/s1. The van der Waals surface area contributed by atoms with Gasteiger partial charge in [0.2, 0.25) is 15.9 Å². The lowest BCUT2D eigenvalue weighted by Crippen LogP contribution is -2.38. The van der Waals surface area contributed by atoms with E-state index in [0.29, 0.717) is 28.8 Å². The maximum absolute atomic E-state index is 13.2. The SMILES string of the molecule is COc1ccc(C(=O)OCC(=O)OC[C@@H](Cc2c(C)cncc2C)c2ccc(OC(F)F)c(OCC3CC3)c2)cc1N(CC(N)=O)S(C)(=O)=O. The second-order valence-corrected chi connectivity index (χ2v) is 13.8. The van der Waals surface area contributed by atoms with Crippen LogP contribution in [0, 0.1) is 19.8 Å². The summed E-state index contributed by atoms with van der Waals surface area (Å²) in [5.41, 5.74) is 8.35. The van der Waals surface area contributed by atoms with Crippen molar-refractivity contribution in [2.75, 3.05) is 44.0 Å². The van der Waals surface area contributed by atoms with Gasteiger partial charge >= 0.3 is 18.6 Å². The number of methoxy groups -OCH3 is 1. The van der Waals surface area contributed by atoms with Gasteiger partial charge in [-0.3, -0.25) is 14.1 Å². The molecule has 3 aromatic rings. The monoisotopic (exact) mass is 719 g/mol. The number of hydrogen-bond acceptors (Lipinski definition) is 11. The van der Waals surface area contributed by atoms with Crippen LogP contribution in [0.5, 0.6) is 17.2 Å². The quantitative estimate of drug-likeness (QED) is 0.188. The Morgan fingerprint density at radius 3 is 2.28 bits per heavy atom. The molecule has 0 radical (unpaired) electrons. The Balaban J connectivity index is 1.51. The zero-order chi connectivity index (χ0) is 36.6. The number of sulfonamides is 1. The molecule has 1 fully saturated rings. The molecule has 1 aromatic heterocycles. The van der Waals surface area contributed by atoms with E-state index in [1.807, 2.05) is 13.8 Å². The summed E-state index contributed by atoms with van der Waals surface area (Å²) in [5.74, 6) is -2.87. The lowest BCUT2D eigenvalue weighted by Gasteiger charge is -2.23. The molecule has 13 nitrogen and oxygen atoms in total. The van der Waals surface area contributed by atoms with Crippen molar-refractivity contribution in [2.24, 2.45) is 11.7 Å². The number of rotatable bonds is 18. The molecular formula is C34H39F2N3O10S. The second kappa shape index (κ2) is 16.6. The number of alkyl halides is 2. The fourth-order valence-electron chi connectivity index (χ4n) is 5.12. The Bertz CT molecular complexity index is 1800. The molecule has 1 aliphatic rings. The number of esters is 2. The van der Waals surface area contributed by atoms with E-state index >= 15 is 0 Å². The predicted molar refractivity (Wildman–Crippen MR) is 177 cm³/mol. The molecular weight excluding hydrogens is 680 g/mol. The number of aromatic nitrogens is 1. The first-order chi connectivity index (χ1) is 23.7. The molecule has 0 saturated heterocycles. The van der Waals surface area contributed by atoms with Crippen LogP contribution in [0.4, 0.5) is 14.5 Å². The summed E-state index contributed by atoms with van der Waals surface area (Å²) in [6.45, 7) is -0.570. The molecule has 0 spiro atoms. The largest absolute Gasteiger partial charge is 0.495 e. The number of hydrogen-bond donors (Lipinski definition) is 1. The van der Waals surface area contributed by atoms with Gasteiger partial charge < -0.3 is 29.4 Å². The van der Waals surface area contributed by atoms with Crippen molar-refractivity contribution in [1.29, 1.82) is 0 Å². The number of benzene rings is 2. The van der Waals surface area contributed by atoms with E-state index in [9.17, 15) is 31.6 Å². The van der Waals surface area contributed by atoms with Crippen molar-refractivity contribution in [3.8, 4) is 17.2 Å². The number of anilines is 1. The summed E-state index contributed by atoms with van der Waals surface area (Å²) in [5, 5.41) is 0. The first kappa shape index (κ1) is 37.8. The van der Waals surface area contributed by atoms with Crippen LogP contribution in [-0.2, 0) is 35.5 Å². The first-order valence-electron chi connectivity index (χ1n) is 15.5. The van der Waals surface area contributed by atoms with E-state index in [0.717, 1.165) is 41.9 Å². The number of carbonyl (C=O) groups excluding carboxylic acids is 3. The van der Waals surface area contributed by atoms with Gasteiger partial charge in [-0.1, -0.05) is 6.07 Å². The summed E-state index contributed by atoms with van der Waals surface area (Å²) in [7, 11) is -2.75. The summed E-state index contributed by atoms with van der Waals surface area (Å²) in [6.07, 6.45) is 6.64. The molecule has 1 atom stereocenters. The number of amides is 1. The molecule has 1 saturated carbocycles. The van der Waals surface area contributed by atoms with Crippen LogP contribution < -0.4 is 24.2 Å². The minimum atomic E-state index is -4.02. The Labute approximate surface area is 288 Å². The molecule has 4 rings (SSSR count). The van der Waals surface area contributed by atoms with Crippen molar-refractivity contribution in [3.05, 3.63) is 76.6 Å². The number of carbonyl (C=O) groups is 3. The summed E-state index contributed by atoms with van der Waals surface area (Å²) >= 11 is 0. The minimum absolute atomic E-state index is 0.0354. The number of primary amides is 1. The summed E-state index contributed by atoms with van der Waals surface area (Å²) in [4.78, 5) is 41.6. The Hall–Kier alpha value is -4.99. The van der Waals surface area contributed by atoms with Crippen LogP contribution in [0.2, 0.25) is 0 Å². The number of pyridine rings is 1. The average molecular weight is 720 g/mol. The maximum atomic E-state index is 13.2. The third-order valence-electron chi connectivity index (χ3n) is 7.92. The molecule has 16 heteroatoms. The molecule has 0 aliphatic heterocycles. The Morgan fingerprint density at radius 2 is 1.68 bits per heavy atom. The van der Waals surface area contributed by atoms with Gasteiger partial charge in [-0.15, -0.1) is 0 Å². The van der Waals surface area contributed by atoms with Crippen LogP contribution in [0.1, 0.15) is 51.4 Å². The number of aryl methyl sites for hydroxylation is 2. The highest BCUT2D eigenvalue weighted by Gasteiger charge is 2.27. The van der Waals surface area contributed by atoms with Crippen molar-refractivity contribution >= 4 is 33.6 Å².